The van der Waals surface area contributed by atoms with Crippen LogP contribution in [0.2, 0.25) is 0 Å². The number of alkyl halides is 3. The highest BCUT2D eigenvalue weighted by molar-refractivity contribution is 7.13. The summed E-state index contributed by atoms with van der Waals surface area (Å²) in [6.07, 6.45) is -4.23. The van der Waals surface area contributed by atoms with Crippen LogP contribution in [0.4, 0.5) is 18.3 Å². The quantitative estimate of drug-likeness (QED) is 0.870. The molecule has 0 aliphatic carbocycles. The summed E-state index contributed by atoms with van der Waals surface area (Å²) in [5.41, 5.74) is 5.98. The number of halogens is 3. The zero-order valence-electron chi connectivity index (χ0n) is 8.21. The van der Waals surface area contributed by atoms with Gasteiger partial charge in [-0.25, -0.2) is 4.98 Å². The normalized spacial score (nSPS) is 11.8. The van der Waals surface area contributed by atoms with Crippen molar-refractivity contribution in [2.75, 3.05) is 24.5 Å². The molecule has 0 fully saturated rings. The smallest absolute Gasteiger partial charge is 0.338 e. The third kappa shape index (κ3) is 4.05. The lowest BCUT2D eigenvalue weighted by Crippen LogP contribution is -2.37. The van der Waals surface area contributed by atoms with E-state index in [2.05, 4.69) is 4.98 Å². The van der Waals surface area contributed by atoms with Gasteiger partial charge in [-0.1, -0.05) is 0 Å². The van der Waals surface area contributed by atoms with Gasteiger partial charge in [0, 0.05) is 18.5 Å². The monoisotopic (exact) mass is 239 g/mol. The number of anilines is 1. The summed E-state index contributed by atoms with van der Waals surface area (Å²) in [5, 5.41) is 2.09. The first-order valence-electron chi connectivity index (χ1n) is 4.36. The van der Waals surface area contributed by atoms with Gasteiger partial charge in [-0.2, -0.15) is 13.2 Å². The van der Waals surface area contributed by atoms with Gasteiger partial charge in [0.15, 0.2) is 5.13 Å². The topological polar surface area (TPSA) is 42.1 Å². The average Bonchev–Trinajstić information content (AvgIpc) is 2.48. The fourth-order valence-electron chi connectivity index (χ4n) is 1.10. The maximum absolute atomic E-state index is 12.2. The maximum atomic E-state index is 12.2. The summed E-state index contributed by atoms with van der Waals surface area (Å²) < 4.78 is 36.6. The van der Waals surface area contributed by atoms with Gasteiger partial charge in [0.1, 0.15) is 6.54 Å². The van der Waals surface area contributed by atoms with Crippen molar-refractivity contribution in [3.63, 3.8) is 0 Å². The molecule has 0 spiro atoms. The first-order chi connectivity index (χ1) is 6.92. The average molecular weight is 239 g/mol. The summed E-state index contributed by atoms with van der Waals surface area (Å²) in [5.74, 6) is 0. The van der Waals surface area contributed by atoms with Gasteiger partial charge in [-0.3, -0.25) is 0 Å². The van der Waals surface area contributed by atoms with Gasteiger partial charge in [-0.15, -0.1) is 11.3 Å². The minimum absolute atomic E-state index is 0.159. The van der Waals surface area contributed by atoms with Gasteiger partial charge in [-0.05, 0) is 6.92 Å². The molecule has 1 aromatic rings. The van der Waals surface area contributed by atoms with Crippen LogP contribution in [-0.4, -0.2) is 30.8 Å². The number of aromatic nitrogens is 1. The number of thiazole rings is 1. The summed E-state index contributed by atoms with van der Waals surface area (Å²) in [4.78, 5) is 5.15. The predicted octanol–water partition coefficient (Wildman–Crippen LogP) is 1.78. The Morgan fingerprint density at radius 2 is 2.20 bits per heavy atom. The Balaban J connectivity index is 2.74. The van der Waals surface area contributed by atoms with E-state index in [-0.39, 0.29) is 13.1 Å². The fourth-order valence-corrected chi connectivity index (χ4v) is 1.93. The van der Waals surface area contributed by atoms with Crippen molar-refractivity contribution in [3.05, 3.63) is 11.1 Å². The maximum Gasteiger partial charge on any atom is 0.406 e. The molecule has 0 saturated carbocycles. The lowest BCUT2D eigenvalue weighted by molar-refractivity contribution is -0.119. The third-order valence-corrected chi connectivity index (χ3v) is 2.67. The first kappa shape index (κ1) is 12.3. The zero-order valence-corrected chi connectivity index (χ0v) is 9.03. The van der Waals surface area contributed by atoms with Gasteiger partial charge in [0.25, 0.3) is 0 Å². The molecule has 0 unspecified atom stereocenters. The van der Waals surface area contributed by atoms with Gasteiger partial charge in [0.2, 0.25) is 0 Å². The molecule has 15 heavy (non-hydrogen) atoms. The highest BCUT2D eigenvalue weighted by atomic mass is 32.1. The van der Waals surface area contributed by atoms with Crippen LogP contribution in [0.3, 0.4) is 0 Å². The van der Waals surface area contributed by atoms with E-state index >= 15 is 0 Å². The molecule has 0 bridgehead atoms. The Kier molecular flexibility index (Phi) is 3.92. The van der Waals surface area contributed by atoms with Crippen LogP contribution in [0.25, 0.3) is 0 Å². The van der Waals surface area contributed by atoms with Crippen LogP contribution in [-0.2, 0) is 0 Å². The molecule has 7 heteroatoms. The van der Waals surface area contributed by atoms with Crippen molar-refractivity contribution in [1.82, 2.24) is 4.98 Å². The molecule has 86 valence electrons. The number of nitrogens with zero attached hydrogens (tertiary/aromatic N) is 2. The Morgan fingerprint density at radius 1 is 1.53 bits per heavy atom. The standard InChI is InChI=1S/C8H12F3N3S/c1-6-4-15-7(13-6)14(3-2-12)5-8(9,10)11/h4H,2-3,5,12H2,1H3. The molecule has 3 nitrogen and oxygen atoms in total. The van der Waals surface area contributed by atoms with E-state index in [1.807, 2.05) is 0 Å². The Hall–Kier alpha value is -0.820. The second-order valence-corrected chi connectivity index (χ2v) is 3.93. The van der Waals surface area contributed by atoms with Gasteiger partial charge >= 0.3 is 6.18 Å². The summed E-state index contributed by atoms with van der Waals surface area (Å²) in [6, 6.07) is 0. The fraction of sp³-hybridized carbons (Fsp3) is 0.625. The van der Waals surface area contributed by atoms with Crippen molar-refractivity contribution in [2.24, 2.45) is 5.73 Å². The molecule has 0 aromatic carbocycles. The number of nitrogens with two attached hydrogens (primary N) is 1. The molecule has 0 aliphatic heterocycles. The highest BCUT2D eigenvalue weighted by Gasteiger charge is 2.31. The lowest BCUT2D eigenvalue weighted by Gasteiger charge is -2.22. The predicted molar refractivity (Wildman–Crippen MR) is 54.2 cm³/mol. The Morgan fingerprint density at radius 3 is 2.60 bits per heavy atom. The van der Waals surface area contributed by atoms with Crippen molar-refractivity contribution in [2.45, 2.75) is 13.1 Å². The van der Waals surface area contributed by atoms with Crippen molar-refractivity contribution >= 4 is 16.5 Å². The van der Waals surface area contributed by atoms with E-state index in [1.165, 1.54) is 11.3 Å². The Bertz CT molecular complexity index is 310. The van der Waals surface area contributed by atoms with Crippen LogP contribution in [0.5, 0.6) is 0 Å². The molecule has 2 N–H and O–H groups in total. The zero-order chi connectivity index (χ0) is 11.5. The van der Waals surface area contributed by atoms with Crippen LogP contribution < -0.4 is 10.6 Å². The molecule has 0 aliphatic rings. The van der Waals surface area contributed by atoms with Gasteiger partial charge in [0.05, 0.1) is 5.69 Å². The summed E-state index contributed by atoms with van der Waals surface area (Å²) in [7, 11) is 0. The van der Waals surface area contributed by atoms with Crippen LogP contribution in [0.1, 0.15) is 5.69 Å². The van der Waals surface area contributed by atoms with E-state index in [1.54, 1.807) is 12.3 Å². The van der Waals surface area contributed by atoms with E-state index in [9.17, 15) is 13.2 Å². The number of rotatable bonds is 4. The molecule has 0 atom stereocenters. The van der Waals surface area contributed by atoms with Crippen molar-refractivity contribution in [1.29, 1.82) is 0 Å². The molecular formula is C8H12F3N3S. The molecule has 1 aromatic heterocycles. The van der Waals surface area contributed by atoms with Crippen LogP contribution in [0, 0.1) is 6.92 Å². The first-order valence-corrected chi connectivity index (χ1v) is 5.24. The van der Waals surface area contributed by atoms with Crippen molar-refractivity contribution in [3.8, 4) is 0 Å². The molecule has 0 amide bonds. The Labute approximate surface area is 89.7 Å². The number of hydrogen-bond donors (Lipinski definition) is 1. The largest absolute Gasteiger partial charge is 0.406 e. The summed E-state index contributed by atoms with van der Waals surface area (Å²) in [6.45, 7) is 1.08. The highest BCUT2D eigenvalue weighted by Crippen LogP contribution is 2.24. The van der Waals surface area contributed by atoms with Crippen LogP contribution in [0.15, 0.2) is 5.38 Å². The SMILES string of the molecule is Cc1csc(N(CCN)CC(F)(F)F)n1. The second-order valence-electron chi connectivity index (χ2n) is 3.10. The van der Waals surface area contributed by atoms with E-state index in [0.29, 0.717) is 5.13 Å². The van der Waals surface area contributed by atoms with Gasteiger partial charge < -0.3 is 10.6 Å². The van der Waals surface area contributed by atoms with Crippen LogP contribution >= 0.6 is 11.3 Å². The van der Waals surface area contributed by atoms with E-state index < -0.39 is 12.7 Å². The number of aryl methyl sites for hydroxylation is 1. The summed E-state index contributed by atoms with van der Waals surface area (Å²) >= 11 is 1.20. The van der Waals surface area contributed by atoms with E-state index in [0.717, 1.165) is 10.6 Å². The molecule has 1 rings (SSSR count). The third-order valence-electron chi connectivity index (χ3n) is 1.65. The lowest BCUT2D eigenvalue weighted by atomic mass is 10.5. The molecule has 1 heterocycles. The minimum Gasteiger partial charge on any atom is -0.338 e. The van der Waals surface area contributed by atoms with Crippen molar-refractivity contribution < 1.29 is 13.2 Å². The molecule has 0 radical (unpaired) electrons. The molecular weight excluding hydrogens is 227 g/mol. The minimum atomic E-state index is -4.23. The number of hydrogen-bond acceptors (Lipinski definition) is 4. The second kappa shape index (κ2) is 4.80. The van der Waals surface area contributed by atoms with E-state index in [4.69, 9.17) is 5.73 Å². The molecule has 0 saturated heterocycles.